The van der Waals surface area contributed by atoms with Crippen LogP contribution in [0.1, 0.15) is 42.6 Å². The Morgan fingerprint density at radius 3 is 3.15 bits per heavy atom. The summed E-state index contributed by atoms with van der Waals surface area (Å²) in [7, 11) is 0. The zero-order valence-corrected chi connectivity index (χ0v) is 11.7. The molecule has 4 nitrogen and oxygen atoms in total. The van der Waals surface area contributed by atoms with Gasteiger partial charge in [-0.05, 0) is 49.4 Å². The molecule has 0 aliphatic heterocycles. The van der Waals surface area contributed by atoms with Crippen LogP contribution in [0.2, 0.25) is 0 Å². The third-order valence-electron chi connectivity index (χ3n) is 3.82. The lowest BCUT2D eigenvalue weighted by atomic mass is 9.89. The molecule has 2 aromatic rings. The number of rotatable bonds is 4. The number of nitrogens with zero attached hydrogens (tertiary/aromatic N) is 2. The third-order valence-corrected chi connectivity index (χ3v) is 3.82. The summed E-state index contributed by atoms with van der Waals surface area (Å²) < 4.78 is 7.68. The van der Waals surface area contributed by atoms with E-state index in [2.05, 4.69) is 18.1 Å². The Kier molecular flexibility index (Phi) is 3.74. The summed E-state index contributed by atoms with van der Waals surface area (Å²) in [5.74, 6) is 0.814. The molecule has 4 heteroatoms. The molecule has 0 bridgehead atoms. The summed E-state index contributed by atoms with van der Waals surface area (Å²) in [6, 6.07) is 6.03. The number of aryl methyl sites for hydroxylation is 2. The normalized spacial score (nSPS) is 17.8. The van der Waals surface area contributed by atoms with Crippen LogP contribution in [0.15, 0.2) is 30.6 Å². The zero-order valence-electron chi connectivity index (χ0n) is 11.7. The van der Waals surface area contributed by atoms with Gasteiger partial charge < -0.3 is 9.84 Å². The van der Waals surface area contributed by atoms with Crippen molar-refractivity contribution in [2.24, 2.45) is 0 Å². The van der Waals surface area contributed by atoms with Crippen LogP contribution in [-0.2, 0) is 19.6 Å². The number of aromatic nitrogens is 2. The smallest absolute Gasteiger partial charge is 0.120 e. The van der Waals surface area contributed by atoms with Gasteiger partial charge in [-0.2, -0.15) is 5.10 Å². The summed E-state index contributed by atoms with van der Waals surface area (Å²) in [5.41, 5.74) is 3.33. The summed E-state index contributed by atoms with van der Waals surface area (Å²) in [5, 5.41) is 14.3. The van der Waals surface area contributed by atoms with Gasteiger partial charge in [0.2, 0.25) is 0 Å². The zero-order chi connectivity index (χ0) is 13.9. The van der Waals surface area contributed by atoms with Crippen LogP contribution >= 0.6 is 0 Å². The number of aliphatic hydroxyl groups excluding tert-OH is 1. The molecule has 1 N–H and O–H groups in total. The van der Waals surface area contributed by atoms with E-state index in [0.29, 0.717) is 6.61 Å². The molecule has 0 amide bonds. The lowest BCUT2D eigenvalue weighted by molar-refractivity contribution is 0.156. The van der Waals surface area contributed by atoms with Gasteiger partial charge in [0.15, 0.2) is 0 Å². The Labute approximate surface area is 119 Å². The van der Waals surface area contributed by atoms with Crippen LogP contribution in [0.5, 0.6) is 5.75 Å². The van der Waals surface area contributed by atoms with Gasteiger partial charge in [-0.3, -0.25) is 4.68 Å². The monoisotopic (exact) mass is 272 g/mol. The Hall–Kier alpha value is -1.81. The van der Waals surface area contributed by atoms with Crippen LogP contribution in [-0.4, -0.2) is 14.9 Å². The van der Waals surface area contributed by atoms with Crippen LogP contribution < -0.4 is 4.74 Å². The molecule has 1 aliphatic carbocycles. The van der Waals surface area contributed by atoms with Gasteiger partial charge in [-0.1, -0.05) is 6.07 Å². The minimum atomic E-state index is -0.342. The van der Waals surface area contributed by atoms with Crippen molar-refractivity contribution in [3.05, 3.63) is 47.3 Å². The number of aliphatic hydroxyl groups is 1. The largest absolute Gasteiger partial charge is 0.489 e. The quantitative estimate of drug-likeness (QED) is 0.931. The maximum atomic E-state index is 10.0. The summed E-state index contributed by atoms with van der Waals surface area (Å²) >= 11 is 0. The van der Waals surface area contributed by atoms with Gasteiger partial charge in [0.25, 0.3) is 0 Å². The highest BCUT2D eigenvalue weighted by atomic mass is 16.5. The minimum Gasteiger partial charge on any atom is -0.489 e. The highest BCUT2D eigenvalue weighted by Gasteiger charge is 2.18. The second-order valence-electron chi connectivity index (χ2n) is 5.26. The molecule has 20 heavy (non-hydrogen) atoms. The van der Waals surface area contributed by atoms with Crippen molar-refractivity contribution in [2.45, 2.75) is 45.4 Å². The first-order valence-electron chi connectivity index (χ1n) is 7.21. The van der Waals surface area contributed by atoms with Gasteiger partial charge in [0.1, 0.15) is 12.4 Å². The van der Waals surface area contributed by atoms with E-state index in [1.54, 1.807) is 0 Å². The van der Waals surface area contributed by atoms with Crippen LogP contribution in [0.3, 0.4) is 0 Å². The Morgan fingerprint density at radius 1 is 1.45 bits per heavy atom. The van der Waals surface area contributed by atoms with E-state index >= 15 is 0 Å². The topological polar surface area (TPSA) is 47.3 Å². The number of benzene rings is 1. The van der Waals surface area contributed by atoms with E-state index in [1.165, 1.54) is 5.56 Å². The van der Waals surface area contributed by atoms with Crippen molar-refractivity contribution < 1.29 is 9.84 Å². The molecule has 0 fully saturated rings. The van der Waals surface area contributed by atoms with E-state index < -0.39 is 0 Å². The van der Waals surface area contributed by atoms with E-state index in [9.17, 15) is 5.11 Å². The van der Waals surface area contributed by atoms with Crippen molar-refractivity contribution >= 4 is 0 Å². The van der Waals surface area contributed by atoms with Gasteiger partial charge in [-0.15, -0.1) is 0 Å². The second kappa shape index (κ2) is 5.67. The predicted octanol–water partition coefficient (Wildman–Crippen LogP) is 2.85. The van der Waals surface area contributed by atoms with Gasteiger partial charge in [0.05, 0.1) is 12.3 Å². The molecular weight excluding hydrogens is 252 g/mol. The molecule has 106 valence electrons. The minimum absolute atomic E-state index is 0.342. The number of fused-ring (bicyclic) bond motifs is 1. The van der Waals surface area contributed by atoms with Crippen LogP contribution in [0.4, 0.5) is 0 Å². The fraction of sp³-hybridized carbons (Fsp3) is 0.438. The average molecular weight is 272 g/mol. The van der Waals surface area contributed by atoms with Gasteiger partial charge in [-0.25, -0.2) is 0 Å². The van der Waals surface area contributed by atoms with Crippen molar-refractivity contribution in [1.29, 1.82) is 0 Å². The van der Waals surface area contributed by atoms with Gasteiger partial charge in [0, 0.05) is 18.3 Å². The lowest BCUT2D eigenvalue weighted by Gasteiger charge is -2.21. The van der Waals surface area contributed by atoms with Gasteiger partial charge >= 0.3 is 0 Å². The second-order valence-corrected chi connectivity index (χ2v) is 5.26. The highest BCUT2D eigenvalue weighted by molar-refractivity contribution is 5.38. The van der Waals surface area contributed by atoms with E-state index in [-0.39, 0.29) is 6.10 Å². The number of hydrogen-bond acceptors (Lipinski definition) is 3. The van der Waals surface area contributed by atoms with Crippen molar-refractivity contribution in [3.8, 4) is 5.75 Å². The SMILES string of the molecule is CCn1cc(COc2ccc3c(c2)[C@H](O)CCC3)cn1. The average Bonchev–Trinajstić information content (AvgIpc) is 2.94. The molecule has 1 aromatic heterocycles. The summed E-state index contributed by atoms with van der Waals surface area (Å²) in [6.07, 6.45) is 6.44. The molecule has 1 atom stereocenters. The molecule has 3 rings (SSSR count). The van der Waals surface area contributed by atoms with E-state index in [4.69, 9.17) is 4.74 Å². The van der Waals surface area contributed by atoms with E-state index in [0.717, 1.165) is 42.7 Å². The fourth-order valence-corrected chi connectivity index (χ4v) is 2.66. The Bertz CT molecular complexity index is 592. The Morgan fingerprint density at radius 2 is 2.35 bits per heavy atom. The molecule has 1 aliphatic rings. The first-order valence-corrected chi connectivity index (χ1v) is 7.21. The van der Waals surface area contributed by atoms with Crippen molar-refractivity contribution in [1.82, 2.24) is 9.78 Å². The molecule has 0 spiro atoms. The van der Waals surface area contributed by atoms with E-state index in [1.807, 2.05) is 29.2 Å². The number of ether oxygens (including phenoxy) is 1. The molecule has 0 radical (unpaired) electrons. The predicted molar refractivity (Wildman–Crippen MR) is 76.6 cm³/mol. The van der Waals surface area contributed by atoms with Crippen molar-refractivity contribution in [3.63, 3.8) is 0 Å². The molecule has 1 aromatic carbocycles. The first-order chi connectivity index (χ1) is 9.76. The maximum absolute atomic E-state index is 10.0. The van der Waals surface area contributed by atoms with Crippen LogP contribution in [0.25, 0.3) is 0 Å². The molecule has 0 unspecified atom stereocenters. The third kappa shape index (κ3) is 2.70. The molecule has 0 saturated heterocycles. The standard InChI is InChI=1S/C16H20N2O2/c1-2-18-10-12(9-17-18)11-20-14-7-6-13-4-3-5-16(19)15(13)8-14/h6-10,16,19H,2-5,11H2,1H3/t16-/m1/s1. The maximum Gasteiger partial charge on any atom is 0.120 e. The molecule has 1 heterocycles. The summed E-state index contributed by atoms with van der Waals surface area (Å²) in [6.45, 7) is 3.43. The lowest BCUT2D eigenvalue weighted by Crippen LogP contribution is -2.09. The highest BCUT2D eigenvalue weighted by Crippen LogP contribution is 2.32. The summed E-state index contributed by atoms with van der Waals surface area (Å²) in [4.78, 5) is 0. The number of hydrogen-bond donors (Lipinski definition) is 1. The van der Waals surface area contributed by atoms with Crippen molar-refractivity contribution in [2.75, 3.05) is 0 Å². The molecule has 0 saturated carbocycles. The first kappa shape index (κ1) is 13.2. The van der Waals surface area contributed by atoms with Crippen LogP contribution in [0, 0.1) is 0 Å². The molecular formula is C16H20N2O2. The fourth-order valence-electron chi connectivity index (χ4n) is 2.66. The Balaban J connectivity index is 1.70.